The number of nitriles is 1. The Labute approximate surface area is 125 Å². The Hall–Kier alpha value is -3.26. The quantitative estimate of drug-likeness (QED) is 0.737. The number of aromatic amines is 1. The van der Waals surface area contributed by atoms with Crippen LogP contribution in [0.4, 0.5) is 4.39 Å². The topological polar surface area (TPSA) is 69.5 Å². The molecule has 0 saturated heterocycles. The molecule has 0 atom stereocenters. The molecule has 0 unspecified atom stereocenters. The molecule has 5 heteroatoms. The van der Waals surface area contributed by atoms with E-state index < -0.39 is 5.82 Å². The number of nitrogens with one attached hydrogen (secondary N) is 1. The number of halogens is 1. The largest absolute Gasteiger partial charge is 0.305 e. The third-order valence-electron chi connectivity index (χ3n) is 3.15. The lowest BCUT2D eigenvalue weighted by molar-refractivity contribution is 0.627. The number of benzene rings is 2. The number of hydrogen-bond donors (Lipinski definition) is 1. The van der Waals surface area contributed by atoms with Gasteiger partial charge in [0.1, 0.15) is 11.9 Å². The standard InChI is InChI=1S/C17H10FN3O/c18-13-5-3-4-11(9-13)8-12(10-19)16-20-15-7-2-1-6-14(15)17(22)21-16/h1-9H,(H,20,21,22). The first kappa shape index (κ1) is 13.7. The van der Waals surface area contributed by atoms with Gasteiger partial charge in [-0.15, -0.1) is 0 Å². The van der Waals surface area contributed by atoms with Crippen LogP contribution < -0.4 is 5.56 Å². The average Bonchev–Trinajstić information content (AvgIpc) is 2.52. The zero-order valence-electron chi connectivity index (χ0n) is 11.4. The Morgan fingerprint density at radius 3 is 2.82 bits per heavy atom. The second-order valence-corrected chi connectivity index (χ2v) is 4.66. The summed E-state index contributed by atoms with van der Waals surface area (Å²) >= 11 is 0. The molecule has 0 spiro atoms. The van der Waals surface area contributed by atoms with Crippen LogP contribution in [0.25, 0.3) is 22.6 Å². The first-order valence-electron chi connectivity index (χ1n) is 6.54. The van der Waals surface area contributed by atoms with E-state index in [1.165, 1.54) is 18.2 Å². The minimum Gasteiger partial charge on any atom is -0.305 e. The molecule has 2 aromatic carbocycles. The molecule has 3 aromatic rings. The second-order valence-electron chi connectivity index (χ2n) is 4.66. The van der Waals surface area contributed by atoms with Gasteiger partial charge in [0, 0.05) is 0 Å². The van der Waals surface area contributed by atoms with E-state index in [0.29, 0.717) is 16.5 Å². The maximum absolute atomic E-state index is 13.2. The van der Waals surface area contributed by atoms with Gasteiger partial charge in [-0.1, -0.05) is 24.3 Å². The van der Waals surface area contributed by atoms with Crippen molar-refractivity contribution in [3.8, 4) is 6.07 Å². The number of aromatic nitrogens is 2. The first-order valence-corrected chi connectivity index (χ1v) is 6.54. The SMILES string of the molecule is N#CC(=Cc1cccc(F)c1)c1nc2ccccc2c(=O)[nH]1. The van der Waals surface area contributed by atoms with Crippen molar-refractivity contribution in [1.29, 1.82) is 5.26 Å². The summed E-state index contributed by atoms with van der Waals surface area (Å²) in [4.78, 5) is 18.9. The van der Waals surface area contributed by atoms with Crippen molar-refractivity contribution in [2.45, 2.75) is 0 Å². The predicted octanol–water partition coefficient (Wildman–Crippen LogP) is 3.13. The minimum absolute atomic E-state index is 0.161. The number of hydrogen-bond acceptors (Lipinski definition) is 3. The van der Waals surface area contributed by atoms with Gasteiger partial charge in [0.2, 0.25) is 0 Å². The van der Waals surface area contributed by atoms with Gasteiger partial charge >= 0.3 is 0 Å². The molecule has 0 bridgehead atoms. The van der Waals surface area contributed by atoms with Crippen LogP contribution in [0.5, 0.6) is 0 Å². The second kappa shape index (κ2) is 5.62. The van der Waals surface area contributed by atoms with Crippen molar-refractivity contribution < 1.29 is 4.39 Å². The molecule has 1 aromatic heterocycles. The molecule has 0 aliphatic carbocycles. The van der Waals surface area contributed by atoms with E-state index >= 15 is 0 Å². The summed E-state index contributed by atoms with van der Waals surface area (Å²) < 4.78 is 13.2. The molecule has 1 heterocycles. The molecule has 1 N–H and O–H groups in total. The number of rotatable bonds is 2. The van der Waals surface area contributed by atoms with Crippen molar-refractivity contribution in [2.24, 2.45) is 0 Å². The van der Waals surface area contributed by atoms with E-state index in [9.17, 15) is 14.4 Å². The number of fused-ring (bicyclic) bond motifs is 1. The molecule has 0 aliphatic rings. The van der Waals surface area contributed by atoms with E-state index in [2.05, 4.69) is 9.97 Å². The van der Waals surface area contributed by atoms with Gasteiger partial charge < -0.3 is 4.98 Å². The van der Waals surface area contributed by atoms with E-state index in [4.69, 9.17) is 0 Å². The molecular formula is C17H10FN3O. The van der Waals surface area contributed by atoms with Gasteiger partial charge in [-0.3, -0.25) is 4.79 Å². The Kier molecular flexibility index (Phi) is 3.50. The lowest BCUT2D eigenvalue weighted by Gasteiger charge is -2.02. The summed E-state index contributed by atoms with van der Waals surface area (Å²) in [5.41, 5.74) is 0.864. The zero-order chi connectivity index (χ0) is 15.5. The molecule has 4 nitrogen and oxygen atoms in total. The third-order valence-corrected chi connectivity index (χ3v) is 3.15. The van der Waals surface area contributed by atoms with E-state index in [0.717, 1.165) is 0 Å². The van der Waals surface area contributed by atoms with Crippen LogP contribution in [0, 0.1) is 17.1 Å². The summed E-state index contributed by atoms with van der Waals surface area (Å²) in [5, 5.41) is 9.75. The summed E-state index contributed by atoms with van der Waals surface area (Å²) in [7, 11) is 0. The molecule has 22 heavy (non-hydrogen) atoms. The van der Waals surface area contributed by atoms with Crippen molar-refractivity contribution in [3.63, 3.8) is 0 Å². The Morgan fingerprint density at radius 2 is 2.05 bits per heavy atom. The monoisotopic (exact) mass is 291 g/mol. The molecular weight excluding hydrogens is 281 g/mol. The molecule has 0 fully saturated rings. The van der Waals surface area contributed by atoms with Crippen LogP contribution in [0.3, 0.4) is 0 Å². The number of nitrogens with zero attached hydrogens (tertiary/aromatic N) is 2. The summed E-state index contributed by atoms with van der Waals surface area (Å²) in [6.45, 7) is 0. The van der Waals surface area contributed by atoms with Crippen molar-refractivity contribution in [3.05, 3.63) is 76.1 Å². The van der Waals surface area contributed by atoms with Crippen LogP contribution in [-0.4, -0.2) is 9.97 Å². The van der Waals surface area contributed by atoms with Crippen LogP contribution in [0.2, 0.25) is 0 Å². The maximum Gasteiger partial charge on any atom is 0.259 e. The summed E-state index contributed by atoms with van der Waals surface area (Å²) in [6.07, 6.45) is 1.48. The summed E-state index contributed by atoms with van der Waals surface area (Å²) in [6, 6.07) is 14.7. The normalized spacial score (nSPS) is 11.4. The zero-order valence-corrected chi connectivity index (χ0v) is 11.4. The van der Waals surface area contributed by atoms with Gasteiger partial charge in [-0.25, -0.2) is 9.37 Å². The fourth-order valence-corrected chi connectivity index (χ4v) is 2.13. The molecule has 0 aliphatic heterocycles. The minimum atomic E-state index is -0.397. The van der Waals surface area contributed by atoms with Gasteiger partial charge in [0.15, 0.2) is 5.82 Å². The average molecular weight is 291 g/mol. The van der Waals surface area contributed by atoms with E-state index in [1.807, 2.05) is 6.07 Å². The third kappa shape index (κ3) is 2.63. The molecule has 0 saturated carbocycles. The highest BCUT2D eigenvalue weighted by atomic mass is 19.1. The molecule has 3 rings (SSSR count). The highest BCUT2D eigenvalue weighted by molar-refractivity contribution is 5.89. The van der Waals surface area contributed by atoms with Crippen LogP contribution >= 0.6 is 0 Å². The van der Waals surface area contributed by atoms with Gasteiger partial charge in [0.05, 0.1) is 16.5 Å². The van der Waals surface area contributed by atoms with Gasteiger partial charge in [-0.05, 0) is 35.9 Å². The maximum atomic E-state index is 13.2. The molecule has 0 amide bonds. The van der Waals surface area contributed by atoms with Gasteiger partial charge in [-0.2, -0.15) is 5.26 Å². The lowest BCUT2D eigenvalue weighted by atomic mass is 10.1. The Balaban J connectivity index is 2.16. The van der Waals surface area contributed by atoms with E-state index in [1.54, 1.807) is 36.4 Å². The lowest BCUT2D eigenvalue weighted by Crippen LogP contribution is -2.11. The predicted molar refractivity (Wildman–Crippen MR) is 82.2 cm³/mol. The van der Waals surface area contributed by atoms with Crippen molar-refractivity contribution >= 4 is 22.6 Å². The highest BCUT2D eigenvalue weighted by Crippen LogP contribution is 2.16. The molecule has 106 valence electrons. The number of allylic oxidation sites excluding steroid dienone is 1. The van der Waals surface area contributed by atoms with Crippen molar-refractivity contribution in [2.75, 3.05) is 0 Å². The fraction of sp³-hybridized carbons (Fsp3) is 0. The van der Waals surface area contributed by atoms with Crippen LogP contribution in [-0.2, 0) is 0 Å². The van der Waals surface area contributed by atoms with Gasteiger partial charge in [0.25, 0.3) is 5.56 Å². The Morgan fingerprint density at radius 1 is 1.23 bits per heavy atom. The van der Waals surface area contributed by atoms with Crippen LogP contribution in [0.15, 0.2) is 53.3 Å². The Bertz CT molecular complexity index is 983. The number of para-hydroxylation sites is 1. The molecule has 0 radical (unpaired) electrons. The van der Waals surface area contributed by atoms with Crippen molar-refractivity contribution in [1.82, 2.24) is 9.97 Å². The smallest absolute Gasteiger partial charge is 0.259 e. The van der Waals surface area contributed by atoms with E-state index in [-0.39, 0.29) is 17.0 Å². The first-order chi connectivity index (χ1) is 10.7. The highest BCUT2D eigenvalue weighted by Gasteiger charge is 2.08. The summed E-state index contributed by atoms with van der Waals surface area (Å²) in [5.74, 6) is -0.235. The van der Waals surface area contributed by atoms with Crippen LogP contribution in [0.1, 0.15) is 11.4 Å². The fourth-order valence-electron chi connectivity index (χ4n) is 2.13. The number of H-pyrrole nitrogens is 1.